The lowest BCUT2D eigenvalue weighted by Gasteiger charge is -2.07. The first-order valence-electron chi connectivity index (χ1n) is 5.78. The normalized spacial score (nSPS) is 10.5. The molecule has 100 valence electrons. The Kier molecular flexibility index (Phi) is 3.46. The first-order chi connectivity index (χ1) is 8.99. The van der Waals surface area contributed by atoms with Crippen molar-refractivity contribution >= 4 is 11.8 Å². The minimum Gasteiger partial charge on any atom is -0.477 e. The molecule has 0 bridgehead atoms. The van der Waals surface area contributed by atoms with Gasteiger partial charge in [-0.1, -0.05) is 0 Å². The maximum absolute atomic E-state index is 11.2. The number of hydrogen-bond donors (Lipinski definition) is 2. The Bertz CT molecular complexity index is 621. The van der Waals surface area contributed by atoms with Gasteiger partial charge in [-0.15, -0.1) is 0 Å². The van der Waals surface area contributed by atoms with Gasteiger partial charge in [-0.2, -0.15) is 5.10 Å². The number of carbonyl (C=O) groups is 1. The summed E-state index contributed by atoms with van der Waals surface area (Å²) in [4.78, 5) is 19.5. The summed E-state index contributed by atoms with van der Waals surface area (Å²) in [7, 11) is 1.70. The molecule has 0 fully saturated rings. The van der Waals surface area contributed by atoms with Crippen LogP contribution in [0, 0.1) is 13.8 Å². The molecule has 0 amide bonds. The average Bonchev–Trinajstić information content (AvgIpc) is 2.61. The van der Waals surface area contributed by atoms with Crippen LogP contribution in [0.5, 0.6) is 0 Å². The van der Waals surface area contributed by atoms with Gasteiger partial charge >= 0.3 is 5.97 Å². The van der Waals surface area contributed by atoms with E-state index in [2.05, 4.69) is 20.4 Å². The molecule has 0 radical (unpaired) electrons. The molecular weight excluding hydrogens is 246 g/mol. The van der Waals surface area contributed by atoms with Crippen LogP contribution in [0.4, 0.5) is 5.82 Å². The summed E-state index contributed by atoms with van der Waals surface area (Å²) in [5.41, 5.74) is 1.47. The predicted molar refractivity (Wildman–Crippen MR) is 69.0 cm³/mol. The molecule has 2 rings (SSSR count). The molecule has 0 atom stereocenters. The molecule has 0 saturated heterocycles. The van der Waals surface area contributed by atoms with Crippen LogP contribution in [0.2, 0.25) is 0 Å². The fourth-order valence-corrected chi connectivity index (χ4v) is 1.89. The summed E-state index contributed by atoms with van der Waals surface area (Å²) >= 11 is 0. The first kappa shape index (κ1) is 13.0. The van der Waals surface area contributed by atoms with Gasteiger partial charge in [0.25, 0.3) is 0 Å². The third-order valence-electron chi connectivity index (χ3n) is 2.71. The van der Waals surface area contributed by atoms with Crippen LogP contribution in [0.1, 0.15) is 27.6 Å². The minimum absolute atomic E-state index is 0.188. The van der Waals surface area contributed by atoms with E-state index in [1.807, 2.05) is 0 Å². The number of aryl methyl sites for hydroxylation is 3. The fraction of sp³-hybridized carbons (Fsp3) is 0.333. The summed E-state index contributed by atoms with van der Waals surface area (Å²) in [6.07, 6.45) is 1.67. The Morgan fingerprint density at radius 1 is 1.47 bits per heavy atom. The number of anilines is 1. The lowest BCUT2D eigenvalue weighted by Crippen LogP contribution is -2.10. The highest BCUT2D eigenvalue weighted by Gasteiger charge is 2.19. The van der Waals surface area contributed by atoms with Gasteiger partial charge in [-0.25, -0.2) is 14.8 Å². The average molecular weight is 261 g/mol. The third kappa shape index (κ3) is 2.70. The van der Waals surface area contributed by atoms with E-state index in [1.54, 1.807) is 33.2 Å². The van der Waals surface area contributed by atoms with Crippen molar-refractivity contribution in [2.24, 2.45) is 7.05 Å². The van der Waals surface area contributed by atoms with Crippen LogP contribution >= 0.6 is 0 Å². The standard InChI is InChI=1S/C12H15N5O2/c1-7-10(12(18)19)11(17(3)16-7)14-6-9-4-5-13-8(2)15-9/h4-5,14H,6H2,1-3H3,(H,18,19). The maximum Gasteiger partial charge on any atom is 0.341 e. The Morgan fingerprint density at radius 3 is 2.84 bits per heavy atom. The third-order valence-corrected chi connectivity index (χ3v) is 2.71. The van der Waals surface area contributed by atoms with E-state index in [9.17, 15) is 9.90 Å². The van der Waals surface area contributed by atoms with Gasteiger partial charge in [-0.05, 0) is 19.9 Å². The molecule has 0 aliphatic rings. The highest BCUT2D eigenvalue weighted by Crippen LogP contribution is 2.19. The minimum atomic E-state index is -0.994. The number of rotatable bonds is 4. The van der Waals surface area contributed by atoms with E-state index < -0.39 is 5.97 Å². The second-order valence-electron chi connectivity index (χ2n) is 4.19. The highest BCUT2D eigenvalue weighted by atomic mass is 16.4. The molecule has 7 nitrogen and oxygen atoms in total. The monoisotopic (exact) mass is 261 g/mol. The molecule has 0 spiro atoms. The van der Waals surface area contributed by atoms with E-state index in [0.717, 1.165) is 5.69 Å². The smallest absolute Gasteiger partial charge is 0.341 e. The van der Waals surface area contributed by atoms with Crippen LogP contribution in [0.3, 0.4) is 0 Å². The van der Waals surface area contributed by atoms with E-state index in [0.29, 0.717) is 23.9 Å². The van der Waals surface area contributed by atoms with Crippen LogP contribution in [-0.4, -0.2) is 30.8 Å². The molecule has 2 aromatic rings. The van der Waals surface area contributed by atoms with Crippen molar-refractivity contribution in [2.75, 3.05) is 5.32 Å². The largest absolute Gasteiger partial charge is 0.477 e. The van der Waals surface area contributed by atoms with Crippen molar-refractivity contribution in [1.82, 2.24) is 19.7 Å². The van der Waals surface area contributed by atoms with Crippen molar-refractivity contribution in [1.29, 1.82) is 0 Å². The predicted octanol–water partition coefficient (Wildman–Crippen LogP) is 1.14. The van der Waals surface area contributed by atoms with Crippen molar-refractivity contribution < 1.29 is 9.90 Å². The van der Waals surface area contributed by atoms with Gasteiger partial charge in [0.2, 0.25) is 0 Å². The van der Waals surface area contributed by atoms with Gasteiger partial charge in [0.05, 0.1) is 17.9 Å². The molecule has 0 aromatic carbocycles. The van der Waals surface area contributed by atoms with Crippen molar-refractivity contribution in [3.63, 3.8) is 0 Å². The Morgan fingerprint density at radius 2 is 2.21 bits per heavy atom. The number of nitrogens with zero attached hydrogens (tertiary/aromatic N) is 4. The molecule has 19 heavy (non-hydrogen) atoms. The molecule has 0 saturated carbocycles. The highest BCUT2D eigenvalue weighted by molar-refractivity contribution is 5.94. The first-order valence-corrected chi connectivity index (χ1v) is 5.78. The quantitative estimate of drug-likeness (QED) is 0.857. The lowest BCUT2D eigenvalue weighted by molar-refractivity contribution is 0.0697. The number of hydrogen-bond acceptors (Lipinski definition) is 5. The van der Waals surface area contributed by atoms with Gasteiger partial charge in [0, 0.05) is 13.2 Å². The van der Waals surface area contributed by atoms with Crippen molar-refractivity contribution in [2.45, 2.75) is 20.4 Å². The second-order valence-corrected chi connectivity index (χ2v) is 4.19. The summed E-state index contributed by atoms with van der Waals surface area (Å²) in [5.74, 6) is 0.159. The van der Waals surface area contributed by atoms with Crippen molar-refractivity contribution in [3.8, 4) is 0 Å². The van der Waals surface area contributed by atoms with Crippen LogP contribution < -0.4 is 5.32 Å². The lowest BCUT2D eigenvalue weighted by atomic mass is 10.2. The summed E-state index contributed by atoms with van der Waals surface area (Å²) in [6, 6.07) is 1.78. The number of carboxylic acid groups (broad SMARTS) is 1. The van der Waals surface area contributed by atoms with E-state index in [-0.39, 0.29) is 5.56 Å². The molecule has 0 aliphatic heterocycles. The van der Waals surface area contributed by atoms with Gasteiger partial charge in [0.1, 0.15) is 17.2 Å². The molecule has 7 heteroatoms. The van der Waals surface area contributed by atoms with E-state index >= 15 is 0 Å². The zero-order chi connectivity index (χ0) is 14.0. The second kappa shape index (κ2) is 5.05. The topological polar surface area (TPSA) is 92.9 Å². The fourth-order valence-electron chi connectivity index (χ4n) is 1.89. The number of aromatic nitrogens is 4. The Hall–Kier alpha value is -2.44. The molecule has 2 N–H and O–H groups in total. The van der Waals surface area contributed by atoms with E-state index in [4.69, 9.17) is 0 Å². The Balaban J connectivity index is 2.22. The van der Waals surface area contributed by atoms with Gasteiger partial charge in [0.15, 0.2) is 0 Å². The molecular formula is C12H15N5O2. The zero-order valence-corrected chi connectivity index (χ0v) is 11.0. The van der Waals surface area contributed by atoms with Crippen LogP contribution in [0.25, 0.3) is 0 Å². The van der Waals surface area contributed by atoms with Gasteiger partial charge in [-0.3, -0.25) is 4.68 Å². The van der Waals surface area contributed by atoms with E-state index in [1.165, 1.54) is 4.68 Å². The molecule has 0 aliphatic carbocycles. The van der Waals surface area contributed by atoms with Crippen LogP contribution in [0.15, 0.2) is 12.3 Å². The SMILES string of the molecule is Cc1nccc(CNc2c(C(=O)O)c(C)nn2C)n1. The number of nitrogens with one attached hydrogen (secondary N) is 1. The maximum atomic E-state index is 11.2. The summed E-state index contributed by atoms with van der Waals surface area (Å²) < 4.78 is 1.52. The molecule has 2 heterocycles. The van der Waals surface area contributed by atoms with Gasteiger partial charge < -0.3 is 10.4 Å². The zero-order valence-electron chi connectivity index (χ0n) is 11.0. The summed E-state index contributed by atoms with van der Waals surface area (Å²) in [5, 5.41) is 16.3. The van der Waals surface area contributed by atoms with Crippen LogP contribution in [-0.2, 0) is 13.6 Å². The Labute approximate surface area is 110 Å². The number of carboxylic acids is 1. The molecule has 2 aromatic heterocycles. The summed E-state index contributed by atoms with van der Waals surface area (Å²) in [6.45, 7) is 3.90. The van der Waals surface area contributed by atoms with Crippen molar-refractivity contribution in [3.05, 3.63) is 35.0 Å². The molecule has 0 unspecified atom stereocenters. The number of aromatic carboxylic acids is 1.